The van der Waals surface area contributed by atoms with Crippen molar-refractivity contribution in [2.45, 2.75) is 45.1 Å². The van der Waals surface area contributed by atoms with Gasteiger partial charge < -0.3 is 10.2 Å². The van der Waals surface area contributed by atoms with Crippen LogP contribution in [0.5, 0.6) is 0 Å². The zero-order valence-electron chi connectivity index (χ0n) is 14.4. The van der Waals surface area contributed by atoms with Crippen LogP contribution in [0.1, 0.15) is 44.6 Å². The van der Waals surface area contributed by atoms with Crippen LogP contribution in [-0.2, 0) is 11.8 Å². The van der Waals surface area contributed by atoms with Gasteiger partial charge in [0.25, 0.3) is 0 Å². The van der Waals surface area contributed by atoms with Crippen molar-refractivity contribution in [1.29, 1.82) is 0 Å². The average molecular weight is 341 g/mol. The fraction of sp³-hybridized carbons (Fsp3) is 0.765. The summed E-state index contributed by atoms with van der Waals surface area (Å²) in [6, 6.07) is 0.447. The SMILES string of the molecule is CC(C)CC1CCCN1C(=O)[C@H]1CNC[C@@H]1c1cnn(C)c1.Cl. The molecule has 0 spiro atoms. The van der Waals surface area contributed by atoms with Gasteiger partial charge in [-0.3, -0.25) is 9.48 Å². The Morgan fingerprint density at radius 2 is 2.22 bits per heavy atom. The summed E-state index contributed by atoms with van der Waals surface area (Å²) in [6.45, 7) is 7.10. The minimum atomic E-state index is 0. The number of carbonyl (C=O) groups is 1. The summed E-state index contributed by atoms with van der Waals surface area (Å²) in [5, 5.41) is 7.68. The van der Waals surface area contributed by atoms with Gasteiger partial charge in [-0.1, -0.05) is 13.8 Å². The molecule has 130 valence electrons. The maximum Gasteiger partial charge on any atom is 0.227 e. The molecule has 2 saturated heterocycles. The molecule has 1 N–H and O–H groups in total. The van der Waals surface area contributed by atoms with Gasteiger partial charge in [0.1, 0.15) is 0 Å². The van der Waals surface area contributed by atoms with Crippen molar-refractivity contribution in [3.63, 3.8) is 0 Å². The molecule has 1 aromatic heterocycles. The molecule has 2 aliphatic rings. The third kappa shape index (κ3) is 3.89. The van der Waals surface area contributed by atoms with Crippen molar-refractivity contribution in [2.75, 3.05) is 19.6 Å². The zero-order chi connectivity index (χ0) is 15.7. The second kappa shape index (κ2) is 7.67. The van der Waals surface area contributed by atoms with Crippen LogP contribution in [0.3, 0.4) is 0 Å². The number of aryl methyl sites for hydroxylation is 1. The second-order valence-electron chi connectivity index (χ2n) is 7.28. The first kappa shape index (κ1) is 18.3. The van der Waals surface area contributed by atoms with Gasteiger partial charge in [-0.15, -0.1) is 12.4 Å². The highest BCUT2D eigenvalue weighted by Crippen LogP contribution is 2.32. The molecule has 1 aromatic rings. The van der Waals surface area contributed by atoms with E-state index in [1.807, 2.05) is 24.1 Å². The van der Waals surface area contributed by atoms with Crippen LogP contribution in [0, 0.1) is 11.8 Å². The molecule has 3 atom stereocenters. The standard InChI is InChI=1S/C17H28N4O.ClH/c1-12(2)7-14-5-4-6-21(14)17(22)16-10-18-9-15(16)13-8-19-20(3)11-13;/h8,11-12,14-16,18H,4-7,9-10H2,1-3H3;1H/t14?,15-,16+;/m1./s1. The smallest absolute Gasteiger partial charge is 0.227 e. The first-order chi connectivity index (χ1) is 10.6. The molecular formula is C17H29ClN4O. The second-order valence-corrected chi connectivity index (χ2v) is 7.28. The van der Waals surface area contributed by atoms with Gasteiger partial charge in [0.15, 0.2) is 0 Å². The molecule has 3 rings (SSSR count). The van der Waals surface area contributed by atoms with Crippen molar-refractivity contribution < 1.29 is 4.79 Å². The molecular weight excluding hydrogens is 312 g/mol. The highest BCUT2D eigenvalue weighted by atomic mass is 35.5. The molecule has 3 heterocycles. The van der Waals surface area contributed by atoms with Gasteiger partial charge in [0.05, 0.1) is 12.1 Å². The quantitative estimate of drug-likeness (QED) is 0.914. The maximum absolute atomic E-state index is 13.1. The van der Waals surface area contributed by atoms with E-state index in [2.05, 4.69) is 29.2 Å². The Labute approximate surface area is 145 Å². The Morgan fingerprint density at radius 3 is 2.87 bits per heavy atom. The number of likely N-dealkylation sites (tertiary alicyclic amines) is 1. The number of nitrogens with zero attached hydrogens (tertiary/aromatic N) is 3. The summed E-state index contributed by atoms with van der Waals surface area (Å²) in [4.78, 5) is 15.3. The van der Waals surface area contributed by atoms with Crippen LogP contribution in [0.15, 0.2) is 12.4 Å². The summed E-state index contributed by atoms with van der Waals surface area (Å²) < 4.78 is 1.83. The summed E-state index contributed by atoms with van der Waals surface area (Å²) in [5.41, 5.74) is 1.19. The number of nitrogens with one attached hydrogen (secondary N) is 1. The monoisotopic (exact) mass is 340 g/mol. The van der Waals surface area contributed by atoms with Crippen LogP contribution < -0.4 is 5.32 Å². The molecule has 0 radical (unpaired) electrons. The van der Waals surface area contributed by atoms with E-state index in [-0.39, 0.29) is 24.2 Å². The molecule has 1 unspecified atom stereocenters. The van der Waals surface area contributed by atoms with Gasteiger partial charge in [0, 0.05) is 44.8 Å². The number of amides is 1. The lowest BCUT2D eigenvalue weighted by Crippen LogP contribution is -2.42. The molecule has 2 fully saturated rings. The van der Waals surface area contributed by atoms with Crippen LogP contribution in [0.25, 0.3) is 0 Å². The topological polar surface area (TPSA) is 50.2 Å². The number of carbonyl (C=O) groups excluding carboxylic acids is 1. The first-order valence-corrected chi connectivity index (χ1v) is 8.56. The largest absolute Gasteiger partial charge is 0.339 e. The van der Waals surface area contributed by atoms with Gasteiger partial charge in [0.2, 0.25) is 5.91 Å². The summed E-state index contributed by atoms with van der Waals surface area (Å²) in [7, 11) is 1.93. The van der Waals surface area contributed by atoms with Crippen molar-refractivity contribution in [3.05, 3.63) is 18.0 Å². The Morgan fingerprint density at radius 1 is 1.43 bits per heavy atom. The van der Waals surface area contributed by atoms with E-state index in [0.29, 0.717) is 17.9 Å². The fourth-order valence-corrected chi connectivity index (χ4v) is 4.05. The van der Waals surface area contributed by atoms with Crippen LogP contribution in [0.2, 0.25) is 0 Å². The Kier molecular flexibility index (Phi) is 6.09. The molecule has 0 saturated carbocycles. The lowest BCUT2D eigenvalue weighted by Gasteiger charge is -2.30. The molecule has 23 heavy (non-hydrogen) atoms. The van der Waals surface area contributed by atoms with Crippen LogP contribution in [0.4, 0.5) is 0 Å². The van der Waals surface area contributed by atoms with Gasteiger partial charge >= 0.3 is 0 Å². The Hall–Kier alpha value is -1.07. The number of aromatic nitrogens is 2. The molecule has 1 amide bonds. The summed E-state index contributed by atoms with van der Waals surface area (Å²) in [5.74, 6) is 1.33. The van der Waals surface area contributed by atoms with Gasteiger partial charge in [-0.05, 0) is 30.7 Å². The van der Waals surface area contributed by atoms with Crippen molar-refractivity contribution in [2.24, 2.45) is 18.9 Å². The van der Waals surface area contributed by atoms with E-state index in [1.165, 1.54) is 12.0 Å². The highest BCUT2D eigenvalue weighted by Gasteiger charge is 2.40. The predicted octanol–water partition coefficient (Wildman–Crippen LogP) is 2.18. The average Bonchev–Trinajstić information content (AvgIpc) is 3.16. The van der Waals surface area contributed by atoms with E-state index in [9.17, 15) is 4.79 Å². The molecule has 0 aliphatic carbocycles. The fourth-order valence-electron chi connectivity index (χ4n) is 4.05. The molecule has 0 aromatic carbocycles. The zero-order valence-corrected chi connectivity index (χ0v) is 15.2. The molecule has 6 heteroatoms. The number of hydrogen-bond acceptors (Lipinski definition) is 3. The Bertz CT molecular complexity index is 530. The van der Waals surface area contributed by atoms with E-state index < -0.39 is 0 Å². The third-order valence-electron chi connectivity index (χ3n) is 5.09. The normalized spacial score (nSPS) is 27.5. The molecule has 5 nitrogen and oxygen atoms in total. The third-order valence-corrected chi connectivity index (χ3v) is 5.09. The highest BCUT2D eigenvalue weighted by molar-refractivity contribution is 5.85. The lowest BCUT2D eigenvalue weighted by molar-refractivity contribution is -0.136. The van der Waals surface area contributed by atoms with E-state index in [4.69, 9.17) is 0 Å². The summed E-state index contributed by atoms with van der Waals surface area (Å²) >= 11 is 0. The van der Waals surface area contributed by atoms with Gasteiger partial charge in [-0.25, -0.2) is 0 Å². The van der Waals surface area contributed by atoms with Crippen LogP contribution >= 0.6 is 12.4 Å². The van der Waals surface area contributed by atoms with Crippen molar-refractivity contribution >= 4 is 18.3 Å². The summed E-state index contributed by atoms with van der Waals surface area (Å²) in [6.07, 6.45) is 7.41. The number of halogens is 1. The van der Waals surface area contributed by atoms with Crippen molar-refractivity contribution in [1.82, 2.24) is 20.0 Å². The first-order valence-electron chi connectivity index (χ1n) is 8.56. The minimum absolute atomic E-state index is 0. The maximum atomic E-state index is 13.1. The van der Waals surface area contributed by atoms with Crippen molar-refractivity contribution in [3.8, 4) is 0 Å². The number of hydrogen-bond donors (Lipinski definition) is 1. The minimum Gasteiger partial charge on any atom is -0.339 e. The Balaban J connectivity index is 0.00000192. The van der Waals surface area contributed by atoms with Crippen LogP contribution in [-0.4, -0.2) is 46.3 Å². The molecule has 0 bridgehead atoms. The van der Waals surface area contributed by atoms with Gasteiger partial charge in [-0.2, -0.15) is 5.10 Å². The predicted molar refractivity (Wildman–Crippen MR) is 93.7 cm³/mol. The van der Waals surface area contributed by atoms with E-state index in [1.54, 1.807) is 0 Å². The van der Waals surface area contributed by atoms with E-state index >= 15 is 0 Å². The molecule has 2 aliphatic heterocycles. The lowest BCUT2D eigenvalue weighted by atomic mass is 9.89. The van der Waals surface area contributed by atoms with E-state index in [0.717, 1.165) is 32.5 Å². The number of rotatable bonds is 4.